The Morgan fingerprint density at radius 2 is 1.62 bits per heavy atom. The van der Waals surface area contributed by atoms with Crippen molar-refractivity contribution in [3.05, 3.63) is 63.6 Å². The second kappa shape index (κ2) is 6.26. The molecule has 0 radical (unpaired) electrons. The van der Waals surface area contributed by atoms with Gasteiger partial charge < -0.3 is 0 Å². The van der Waals surface area contributed by atoms with Crippen molar-refractivity contribution >= 4 is 38.9 Å². The number of hydrogen-bond acceptors (Lipinski definition) is 2. The summed E-state index contributed by atoms with van der Waals surface area (Å²) in [5.74, 6) is 0. The van der Waals surface area contributed by atoms with Gasteiger partial charge in [0.15, 0.2) is 0 Å². The van der Waals surface area contributed by atoms with Crippen LogP contribution in [0.4, 0.5) is 5.69 Å². The van der Waals surface area contributed by atoms with Crippen molar-refractivity contribution < 1.29 is 8.42 Å². The van der Waals surface area contributed by atoms with Gasteiger partial charge in [-0.3, -0.25) is 4.31 Å². The van der Waals surface area contributed by atoms with E-state index in [9.17, 15) is 8.42 Å². The first-order chi connectivity index (χ1) is 9.77. The predicted molar refractivity (Wildman–Crippen MR) is 88.7 cm³/mol. The first-order valence-electron chi connectivity index (χ1n) is 6.25. The smallest absolute Gasteiger partial charge is 0.232 e. The van der Waals surface area contributed by atoms with E-state index < -0.39 is 10.0 Å². The summed E-state index contributed by atoms with van der Waals surface area (Å²) in [6, 6.07) is 12.4. The van der Waals surface area contributed by atoms with Crippen molar-refractivity contribution in [2.75, 3.05) is 10.6 Å². The highest BCUT2D eigenvalue weighted by Crippen LogP contribution is 2.26. The monoisotopic (exact) mass is 343 g/mol. The molecule has 0 saturated carbocycles. The van der Waals surface area contributed by atoms with E-state index >= 15 is 0 Å². The molecule has 0 unspecified atom stereocenters. The van der Waals surface area contributed by atoms with Gasteiger partial charge in [-0.05, 0) is 36.8 Å². The van der Waals surface area contributed by atoms with Crippen LogP contribution in [0.2, 0.25) is 10.0 Å². The molecular weight excluding hydrogens is 329 g/mol. The third-order valence-electron chi connectivity index (χ3n) is 3.03. The van der Waals surface area contributed by atoms with Crippen LogP contribution in [-0.2, 0) is 16.6 Å². The molecule has 2 rings (SSSR count). The van der Waals surface area contributed by atoms with Gasteiger partial charge in [-0.25, -0.2) is 8.42 Å². The molecule has 21 heavy (non-hydrogen) atoms. The van der Waals surface area contributed by atoms with Crippen molar-refractivity contribution in [3.8, 4) is 0 Å². The van der Waals surface area contributed by atoms with Crippen molar-refractivity contribution in [3.63, 3.8) is 0 Å². The van der Waals surface area contributed by atoms with Crippen molar-refractivity contribution in [2.45, 2.75) is 13.5 Å². The summed E-state index contributed by atoms with van der Waals surface area (Å²) >= 11 is 11.9. The largest absolute Gasteiger partial charge is 0.266 e. The van der Waals surface area contributed by atoms with E-state index in [1.54, 1.807) is 30.3 Å². The second-order valence-corrected chi connectivity index (χ2v) is 7.57. The molecule has 0 spiro atoms. The Morgan fingerprint density at radius 3 is 2.14 bits per heavy atom. The zero-order chi connectivity index (χ0) is 15.6. The van der Waals surface area contributed by atoms with E-state index in [1.165, 1.54) is 10.6 Å². The molecule has 6 heteroatoms. The van der Waals surface area contributed by atoms with E-state index in [-0.39, 0.29) is 6.54 Å². The zero-order valence-electron chi connectivity index (χ0n) is 11.7. The fraction of sp³-hybridized carbons (Fsp3) is 0.200. The van der Waals surface area contributed by atoms with Gasteiger partial charge in [0.05, 0.1) is 28.5 Å². The maximum Gasteiger partial charge on any atom is 0.232 e. The fourth-order valence-electron chi connectivity index (χ4n) is 1.91. The minimum atomic E-state index is -3.39. The number of nitrogens with zero attached hydrogens (tertiary/aromatic N) is 1. The standard InChI is InChI=1S/C15H15Cl2NO2S/c1-11-3-6-13(7-4-11)18(21(2,19)20)10-12-5-8-14(16)15(17)9-12/h3-9H,10H2,1-2H3. The van der Waals surface area contributed by atoms with E-state index in [4.69, 9.17) is 23.2 Å². The molecule has 0 aliphatic heterocycles. The van der Waals surface area contributed by atoms with Crippen LogP contribution in [-0.4, -0.2) is 14.7 Å². The molecule has 3 nitrogen and oxygen atoms in total. The van der Waals surface area contributed by atoms with Gasteiger partial charge in [0.2, 0.25) is 10.0 Å². The molecule has 0 fully saturated rings. The topological polar surface area (TPSA) is 37.4 Å². The zero-order valence-corrected chi connectivity index (χ0v) is 14.0. The van der Waals surface area contributed by atoms with Crippen molar-refractivity contribution in [1.29, 1.82) is 0 Å². The van der Waals surface area contributed by atoms with Crippen LogP contribution in [0, 0.1) is 6.92 Å². The number of anilines is 1. The number of rotatable bonds is 4. The molecule has 0 atom stereocenters. The molecular formula is C15H15Cl2NO2S. The summed E-state index contributed by atoms with van der Waals surface area (Å²) in [7, 11) is -3.39. The lowest BCUT2D eigenvalue weighted by atomic mass is 10.2. The van der Waals surface area contributed by atoms with E-state index in [1.807, 2.05) is 19.1 Å². The minimum Gasteiger partial charge on any atom is -0.266 e. The number of benzene rings is 2. The molecule has 0 aliphatic carbocycles. The van der Waals surface area contributed by atoms with Crippen molar-refractivity contribution in [1.82, 2.24) is 0 Å². The quantitative estimate of drug-likeness (QED) is 0.831. The Morgan fingerprint density at radius 1 is 1.00 bits per heavy atom. The molecule has 0 aliphatic rings. The van der Waals surface area contributed by atoms with Crippen LogP contribution in [0.5, 0.6) is 0 Å². The molecule has 0 aromatic heterocycles. The molecule has 0 heterocycles. The molecule has 2 aromatic rings. The van der Waals surface area contributed by atoms with Crippen LogP contribution >= 0.6 is 23.2 Å². The van der Waals surface area contributed by atoms with Gasteiger partial charge in [-0.15, -0.1) is 0 Å². The van der Waals surface area contributed by atoms with Crippen LogP contribution in [0.15, 0.2) is 42.5 Å². The van der Waals surface area contributed by atoms with E-state index in [0.29, 0.717) is 15.7 Å². The highest BCUT2D eigenvalue weighted by molar-refractivity contribution is 7.92. The lowest BCUT2D eigenvalue weighted by Gasteiger charge is -2.23. The fourth-order valence-corrected chi connectivity index (χ4v) is 3.12. The molecule has 112 valence electrons. The van der Waals surface area contributed by atoms with Crippen LogP contribution in [0.1, 0.15) is 11.1 Å². The Hall–Kier alpha value is -1.23. The summed E-state index contributed by atoms with van der Waals surface area (Å²) < 4.78 is 25.4. The molecule has 0 amide bonds. The number of sulfonamides is 1. The SMILES string of the molecule is Cc1ccc(N(Cc2ccc(Cl)c(Cl)c2)S(C)(=O)=O)cc1. The molecule has 0 saturated heterocycles. The maximum atomic E-state index is 12.0. The summed E-state index contributed by atoms with van der Waals surface area (Å²) in [4.78, 5) is 0. The van der Waals surface area contributed by atoms with E-state index in [0.717, 1.165) is 11.1 Å². The minimum absolute atomic E-state index is 0.207. The Balaban J connectivity index is 2.37. The molecule has 2 aromatic carbocycles. The normalized spacial score (nSPS) is 11.4. The van der Waals surface area contributed by atoms with Gasteiger partial charge in [0.1, 0.15) is 0 Å². The Bertz CT molecular complexity index is 743. The summed E-state index contributed by atoms with van der Waals surface area (Å²) in [6.07, 6.45) is 1.18. The van der Waals surface area contributed by atoms with Crippen LogP contribution < -0.4 is 4.31 Å². The van der Waals surface area contributed by atoms with Crippen LogP contribution in [0.3, 0.4) is 0 Å². The third kappa shape index (κ3) is 4.13. The third-order valence-corrected chi connectivity index (χ3v) is 4.91. The first-order valence-corrected chi connectivity index (χ1v) is 8.86. The summed E-state index contributed by atoms with van der Waals surface area (Å²) in [6.45, 7) is 2.16. The molecule has 0 bridgehead atoms. The predicted octanol–water partition coefficient (Wildman–Crippen LogP) is 4.27. The van der Waals surface area contributed by atoms with Gasteiger partial charge in [-0.2, -0.15) is 0 Å². The van der Waals surface area contributed by atoms with Gasteiger partial charge in [0.25, 0.3) is 0 Å². The van der Waals surface area contributed by atoms with Gasteiger partial charge in [-0.1, -0.05) is 47.0 Å². The number of halogens is 2. The Kier molecular flexibility index (Phi) is 4.81. The average Bonchev–Trinajstić information content (AvgIpc) is 2.40. The summed E-state index contributed by atoms with van der Waals surface area (Å²) in [5, 5.41) is 0.855. The Labute approximate surface area is 135 Å². The number of hydrogen-bond donors (Lipinski definition) is 0. The van der Waals surface area contributed by atoms with Gasteiger partial charge in [0, 0.05) is 0 Å². The van der Waals surface area contributed by atoms with E-state index in [2.05, 4.69) is 0 Å². The first kappa shape index (κ1) is 16.1. The highest BCUT2D eigenvalue weighted by Gasteiger charge is 2.18. The van der Waals surface area contributed by atoms with Crippen molar-refractivity contribution in [2.24, 2.45) is 0 Å². The summed E-state index contributed by atoms with van der Waals surface area (Å²) in [5.41, 5.74) is 2.46. The van der Waals surface area contributed by atoms with Gasteiger partial charge >= 0.3 is 0 Å². The second-order valence-electron chi connectivity index (χ2n) is 4.85. The van der Waals surface area contributed by atoms with Crippen LogP contribution in [0.25, 0.3) is 0 Å². The lowest BCUT2D eigenvalue weighted by molar-refractivity contribution is 0.596. The lowest BCUT2D eigenvalue weighted by Crippen LogP contribution is -2.29. The number of aryl methyl sites for hydroxylation is 1. The highest BCUT2D eigenvalue weighted by atomic mass is 35.5. The maximum absolute atomic E-state index is 12.0. The average molecular weight is 344 g/mol. The molecule has 0 N–H and O–H groups in total.